The van der Waals surface area contributed by atoms with E-state index in [0.717, 1.165) is 12.1 Å². The van der Waals surface area contributed by atoms with Gasteiger partial charge >= 0.3 is 0 Å². The predicted octanol–water partition coefficient (Wildman–Crippen LogP) is -0.239. The predicted molar refractivity (Wildman–Crippen MR) is 44.9 cm³/mol. The van der Waals surface area contributed by atoms with Gasteiger partial charge < -0.3 is 0 Å². The number of H-pyrrole nitrogens is 1. The van der Waals surface area contributed by atoms with Crippen LogP contribution in [0, 0.1) is 0 Å². The fourth-order valence-electron chi connectivity index (χ4n) is 1.21. The molecule has 0 bridgehead atoms. The SMILES string of the molecule is CC(=O)N1CCC(c2cn[nH]n2)=N1. The van der Waals surface area contributed by atoms with E-state index < -0.39 is 0 Å². The van der Waals surface area contributed by atoms with Crippen molar-refractivity contribution in [3.05, 3.63) is 11.9 Å². The van der Waals surface area contributed by atoms with Gasteiger partial charge in [0.2, 0.25) is 5.91 Å². The summed E-state index contributed by atoms with van der Waals surface area (Å²) in [6.07, 6.45) is 2.34. The minimum Gasteiger partial charge on any atom is -0.273 e. The third-order valence-electron chi connectivity index (χ3n) is 1.88. The van der Waals surface area contributed by atoms with Crippen molar-refractivity contribution in [2.24, 2.45) is 5.10 Å². The van der Waals surface area contributed by atoms with Crippen molar-refractivity contribution >= 4 is 11.6 Å². The molecule has 2 heterocycles. The summed E-state index contributed by atoms with van der Waals surface area (Å²) >= 11 is 0. The lowest BCUT2D eigenvalue weighted by Gasteiger charge is -2.05. The molecule has 1 aromatic heterocycles. The summed E-state index contributed by atoms with van der Waals surface area (Å²) in [5.41, 5.74) is 1.52. The van der Waals surface area contributed by atoms with Crippen LogP contribution >= 0.6 is 0 Å². The van der Waals surface area contributed by atoms with Crippen LogP contribution in [0.25, 0.3) is 0 Å². The van der Waals surface area contributed by atoms with Gasteiger partial charge in [-0.3, -0.25) is 4.79 Å². The molecule has 13 heavy (non-hydrogen) atoms. The molecule has 0 radical (unpaired) electrons. The first-order valence-corrected chi connectivity index (χ1v) is 3.99. The fourth-order valence-corrected chi connectivity index (χ4v) is 1.21. The number of aromatic amines is 1. The van der Waals surface area contributed by atoms with E-state index in [1.54, 1.807) is 6.20 Å². The van der Waals surface area contributed by atoms with Crippen molar-refractivity contribution in [2.45, 2.75) is 13.3 Å². The molecule has 6 nitrogen and oxygen atoms in total. The van der Waals surface area contributed by atoms with Gasteiger partial charge in [-0.25, -0.2) is 5.01 Å². The van der Waals surface area contributed by atoms with Crippen LogP contribution < -0.4 is 0 Å². The van der Waals surface area contributed by atoms with Crippen LogP contribution in [0.1, 0.15) is 19.0 Å². The summed E-state index contributed by atoms with van der Waals surface area (Å²) in [6.45, 7) is 2.13. The summed E-state index contributed by atoms with van der Waals surface area (Å²) < 4.78 is 0. The molecule has 0 atom stereocenters. The van der Waals surface area contributed by atoms with Crippen LogP contribution in [0.2, 0.25) is 0 Å². The molecule has 0 fully saturated rings. The van der Waals surface area contributed by atoms with Crippen LogP contribution in [0.4, 0.5) is 0 Å². The van der Waals surface area contributed by atoms with Crippen LogP contribution in [0.3, 0.4) is 0 Å². The summed E-state index contributed by atoms with van der Waals surface area (Å²) in [6, 6.07) is 0. The van der Waals surface area contributed by atoms with Gasteiger partial charge in [0.05, 0.1) is 18.5 Å². The average molecular weight is 179 g/mol. The molecule has 1 aromatic rings. The highest BCUT2D eigenvalue weighted by Gasteiger charge is 2.19. The van der Waals surface area contributed by atoms with E-state index in [4.69, 9.17) is 0 Å². The summed E-state index contributed by atoms with van der Waals surface area (Å²) in [7, 11) is 0. The zero-order valence-corrected chi connectivity index (χ0v) is 7.19. The molecule has 0 spiro atoms. The number of nitrogens with zero attached hydrogens (tertiary/aromatic N) is 4. The summed E-state index contributed by atoms with van der Waals surface area (Å²) in [5, 5.41) is 15.6. The normalized spacial score (nSPS) is 16.1. The van der Waals surface area contributed by atoms with Gasteiger partial charge in [-0.2, -0.15) is 20.5 Å². The zero-order chi connectivity index (χ0) is 9.26. The maximum Gasteiger partial charge on any atom is 0.239 e. The minimum absolute atomic E-state index is 0.0431. The minimum atomic E-state index is -0.0431. The molecule has 0 saturated carbocycles. The Morgan fingerprint density at radius 1 is 1.69 bits per heavy atom. The Morgan fingerprint density at radius 2 is 2.54 bits per heavy atom. The lowest BCUT2D eigenvalue weighted by atomic mass is 10.2. The Balaban J connectivity index is 2.20. The van der Waals surface area contributed by atoms with Crippen molar-refractivity contribution in [1.29, 1.82) is 0 Å². The second-order valence-corrected chi connectivity index (χ2v) is 2.79. The number of amides is 1. The van der Waals surface area contributed by atoms with E-state index in [-0.39, 0.29) is 5.91 Å². The highest BCUT2D eigenvalue weighted by molar-refractivity contribution is 6.00. The quantitative estimate of drug-likeness (QED) is 0.646. The van der Waals surface area contributed by atoms with E-state index in [0.29, 0.717) is 12.2 Å². The van der Waals surface area contributed by atoms with Crippen molar-refractivity contribution in [3.8, 4) is 0 Å². The molecule has 1 aliphatic rings. The molecule has 0 aliphatic carbocycles. The topological polar surface area (TPSA) is 74.2 Å². The van der Waals surface area contributed by atoms with E-state index in [1.165, 1.54) is 11.9 Å². The zero-order valence-electron chi connectivity index (χ0n) is 7.19. The number of carbonyl (C=O) groups is 1. The number of nitrogens with one attached hydrogen (secondary N) is 1. The van der Waals surface area contributed by atoms with E-state index in [2.05, 4.69) is 20.5 Å². The van der Waals surface area contributed by atoms with Crippen molar-refractivity contribution < 1.29 is 4.79 Å². The highest BCUT2D eigenvalue weighted by atomic mass is 16.2. The maximum absolute atomic E-state index is 10.9. The van der Waals surface area contributed by atoms with Gasteiger partial charge in [-0.05, 0) is 0 Å². The molecule has 68 valence electrons. The molecule has 0 unspecified atom stereocenters. The van der Waals surface area contributed by atoms with Crippen LogP contribution in [0.15, 0.2) is 11.3 Å². The first kappa shape index (κ1) is 7.90. The first-order chi connectivity index (χ1) is 6.27. The third kappa shape index (κ3) is 1.42. The molecule has 2 rings (SSSR count). The number of hydrogen-bond acceptors (Lipinski definition) is 4. The molecule has 1 aliphatic heterocycles. The van der Waals surface area contributed by atoms with E-state index in [9.17, 15) is 4.79 Å². The van der Waals surface area contributed by atoms with Gasteiger partial charge in [0, 0.05) is 13.3 Å². The molecule has 0 saturated heterocycles. The Bertz CT molecular complexity index is 342. The van der Waals surface area contributed by atoms with Gasteiger partial charge in [-0.15, -0.1) is 0 Å². The molecule has 0 aromatic carbocycles. The summed E-state index contributed by atoms with van der Waals surface area (Å²) in [5.74, 6) is -0.0431. The fraction of sp³-hybridized carbons (Fsp3) is 0.429. The Hall–Kier alpha value is -1.72. The molecule has 1 N–H and O–H groups in total. The Morgan fingerprint density at radius 3 is 3.08 bits per heavy atom. The van der Waals surface area contributed by atoms with Gasteiger partial charge in [-0.1, -0.05) is 0 Å². The third-order valence-corrected chi connectivity index (χ3v) is 1.88. The smallest absolute Gasteiger partial charge is 0.239 e. The largest absolute Gasteiger partial charge is 0.273 e. The standard InChI is InChI=1S/C7H9N5O/c1-5(13)12-3-2-6(10-12)7-4-8-11-9-7/h4H,2-3H2,1H3,(H,8,9,11). The number of hydrogen-bond donors (Lipinski definition) is 1. The van der Waals surface area contributed by atoms with Crippen molar-refractivity contribution in [1.82, 2.24) is 20.4 Å². The van der Waals surface area contributed by atoms with Crippen molar-refractivity contribution in [3.63, 3.8) is 0 Å². The maximum atomic E-state index is 10.9. The van der Waals surface area contributed by atoms with Crippen LogP contribution in [0.5, 0.6) is 0 Å². The van der Waals surface area contributed by atoms with Gasteiger partial charge in [0.15, 0.2) is 0 Å². The average Bonchev–Trinajstić information content (AvgIpc) is 2.75. The number of hydrazone groups is 1. The molecular weight excluding hydrogens is 170 g/mol. The summed E-state index contributed by atoms with van der Waals surface area (Å²) in [4.78, 5) is 10.9. The molecular formula is C7H9N5O. The van der Waals surface area contributed by atoms with Crippen LogP contribution in [-0.2, 0) is 4.79 Å². The first-order valence-electron chi connectivity index (χ1n) is 3.99. The lowest BCUT2D eigenvalue weighted by Crippen LogP contribution is -2.19. The lowest BCUT2D eigenvalue weighted by molar-refractivity contribution is -0.128. The molecule has 6 heteroatoms. The van der Waals surface area contributed by atoms with Crippen LogP contribution in [-0.4, -0.2) is 38.6 Å². The number of aromatic nitrogens is 3. The van der Waals surface area contributed by atoms with Gasteiger partial charge in [0.1, 0.15) is 5.69 Å². The second-order valence-electron chi connectivity index (χ2n) is 2.79. The van der Waals surface area contributed by atoms with Gasteiger partial charge in [0.25, 0.3) is 0 Å². The van der Waals surface area contributed by atoms with E-state index >= 15 is 0 Å². The molecule has 1 amide bonds. The van der Waals surface area contributed by atoms with Crippen molar-refractivity contribution in [2.75, 3.05) is 6.54 Å². The second kappa shape index (κ2) is 2.96. The van der Waals surface area contributed by atoms with E-state index in [1.807, 2.05) is 0 Å². The monoisotopic (exact) mass is 179 g/mol. The highest BCUT2D eigenvalue weighted by Crippen LogP contribution is 2.10. The Labute approximate surface area is 74.6 Å². The number of rotatable bonds is 1. The Kier molecular flexibility index (Phi) is 1.80. The number of carbonyl (C=O) groups excluding carboxylic acids is 1.